The highest BCUT2D eigenvalue weighted by molar-refractivity contribution is 5.79. The first-order valence-corrected chi connectivity index (χ1v) is 15.7. The summed E-state index contributed by atoms with van der Waals surface area (Å²) in [6, 6.07) is 3.23. The lowest BCUT2D eigenvalue weighted by Gasteiger charge is -2.31. The van der Waals surface area contributed by atoms with Gasteiger partial charge in [0.15, 0.2) is 11.5 Å². The van der Waals surface area contributed by atoms with E-state index in [-0.39, 0.29) is 25.2 Å². The minimum absolute atomic E-state index is 0.0238. The molecule has 11 nitrogen and oxygen atoms in total. The number of rotatable bonds is 17. The van der Waals surface area contributed by atoms with E-state index in [1.54, 1.807) is 12.0 Å². The van der Waals surface area contributed by atoms with Crippen LogP contribution in [0.3, 0.4) is 0 Å². The third-order valence-electron chi connectivity index (χ3n) is 8.64. The van der Waals surface area contributed by atoms with E-state index in [4.69, 9.17) is 14.2 Å². The van der Waals surface area contributed by atoms with Gasteiger partial charge in [-0.2, -0.15) is 0 Å². The summed E-state index contributed by atoms with van der Waals surface area (Å²) in [4.78, 5) is 44.6. The number of hydrogen-bond acceptors (Lipinski definition) is 7. The molecule has 0 bridgehead atoms. The molecule has 0 spiro atoms. The number of ether oxygens (including phenoxy) is 3. The van der Waals surface area contributed by atoms with Crippen molar-refractivity contribution in [2.75, 3.05) is 80.9 Å². The van der Waals surface area contributed by atoms with Crippen LogP contribution in [0.4, 0.5) is 0 Å². The van der Waals surface area contributed by atoms with Crippen molar-refractivity contribution in [3.8, 4) is 17.2 Å². The van der Waals surface area contributed by atoms with Gasteiger partial charge < -0.3 is 33.6 Å². The van der Waals surface area contributed by atoms with Crippen LogP contribution in [-0.2, 0) is 14.4 Å². The third kappa shape index (κ3) is 9.22. The Bertz CT molecular complexity index is 1110. The summed E-state index contributed by atoms with van der Waals surface area (Å²) in [5.41, 5.74) is 0.774. The predicted octanol–water partition coefficient (Wildman–Crippen LogP) is 3.27. The van der Waals surface area contributed by atoms with Crippen LogP contribution in [0.5, 0.6) is 17.2 Å². The molecule has 1 fully saturated rings. The fourth-order valence-electron chi connectivity index (χ4n) is 6.25. The number of amides is 2. The molecule has 43 heavy (non-hydrogen) atoms. The number of nitrogens with zero attached hydrogens (tertiary/aromatic N) is 4. The topological polar surface area (TPSA) is 109 Å². The molecule has 1 aromatic rings. The number of likely N-dealkylation sites (tertiary alicyclic amines) is 1. The molecule has 1 saturated heterocycles. The Kier molecular flexibility index (Phi) is 12.5. The SMILES string of the molecule is CCCCN(CCCC[N+](C)(C)C)C(=O)CN1C[C@H](c2cc(OC)c3c(c2)OCO3)[C@@H](C(=O)O)[C@@H]1CCN(CC)C(C)=O. The highest BCUT2D eigenvalue weighted by Crippen LogP contribution is 2.47. The maximum Gasteiger partial charge on any atom is 0.308 e. The minimum atomic E-state index is -0.921. The Labute approximate surface area is 257 Å². The Hall–Kier alpha value is -3.05. The van der Waals surface area contributed by atoms with Crippen molar-refractivity contribution in [2.45, 2.75) is 64.8 Å². The summed E-state index contributed by atoms with van der Waals surface area (Å²) in [5, 5.41) is 10.6. The van der Waals surface area contributed by atoms with Gasteiger partial charge in [0.2, 0.25) is 24.4 Å². The van der Waals surface area contributed by atoms with Crippen LogP contribution in [0.2, 0.25) is 0 Å². The Morgan fingerprint density at radius 3 is 2.37 bits per heavy atom. The first-order valence-electron chi connectivity index (χ1n) is 15.7. The smallest absolute Gasteiger partial charge is 0.308 e. The number of carbonyl (C=O) groups excluding carboxylic acids is 2. The zero-order chi connectivity index (χ0) is 31.7. The van der Waals surface area contributed by atoms with E-state index in [1.165, 1.54) is 6.92 Å². The van der Waals surface area contributed by atoms with E-state index in [9.17, 15) is 19.5 Å². The molecule has 0 unspecified atom stereocenters. The predicted molar refractivity (Wildman–Crippen MR) is 165 cm³/mol. The summed E-state index contributed by atoms with van der Waals surface area (Å²) in [6.45, 7) is 9.55. The van der Waals surface area contributed by atoms with Gasteiger partial charge in [-0.3, -0.25) is 19.3 Å². The molecule has 3 atom stereocenters. The first kappa shape index (κ1) is 34.4. The van der Waals surface area contributed by atoms with Crippen LogP contribution in [0.1, 0.15) is 64.4 Å². The van der Waals surface area contributed by atoms with Crippen molar-refractivity contribution >= 4 is 17.8 Å². The normalized spacial score (nSPS) is 19.8. The number of benzene rings is 1. The second-order valence-electron chi connectivity index (χ2n) is 12.8. The summed E-state index contributed by atoms with van der Waals surface area (Å²) < 4.78 is 17.6. The van der Waals surface area contributed by atoms with E-state index in [0.717, 1.165) is 42.3 Å². The lowest BCUT2D eigenvalue weighted by molar-refractivity contribution is -0.870. The van der Waals surface area contributed by atoms with Gasteiger partial charge in [0, 0.05) is 51.6 Å². The Morgan fingerprint density at radius 2 is 1.77 bits per heavy atom. The standard InChI is InChI=1S/C32H52N4O7/c1-8-10-14-34(15-11-12-17-36(4,5)6)29(38)21-35-20-25(24-18-27(41-7)31-28(19-24)42-22-43-31)30(32(39)40)26(35)13-16-33(9-2)23(3)37/h18-19,25-26,30H,8-17,20-22H2,1-7H3/p+1/t25-,26+,30-/m1/s1. The molecule has 2 aliphatic heterocycles. The monoisotopic (exact) mass is 605 g/mol. The van der Waals surface area contributed by atoms with E-state index >= 15 is 0 Å². The van der Waals surface area contributed by atoms with Crippen molar-refractivity contribution in [3.05, 3.63) is 17.7 Å². The number of carboxylic acid groups (broad SMARTS) is 1. The van der Waals surface area contributed by atoms with Gasteiger partial charge in [-0.25, -0.2) is 0 Å². The van der Waals surface area contributed by atoms with Crippen molar-refractivity contribution in [3.63, 3.8) is 0 Å². The molecule has 0 saturated carbocycles. The Balaban J connectivity index is 1.89. The van der Waals surface area contributed by atoms with Gasteiger partial charge in [-0.1, -0.05) is 13.3 Å². The maximum absolute atomic E-state index is 13.8. The molecule has 1 N–H and O–H groups in total. The van der Waals surface area contributed by atoms with E-state index in [2.05, 4.69) is 28.1 Å². The van der Waals surface area contributed by atoms with Gasteiger partial charge in [0.1, 0.15) is 0 Å². The second kappa shape index (κ2) is 15.6. The lowest BCUT2D eigenvalue weighted by atomic mass is 9.84. The molecule has 3 rings (SSSR count). The molecule has 11 heteroatoms. The lowest BCUT2D eigenvalue weighted by Crippen LogP contribution is -2.46. The molecule has 2 aliphatic rings. The van der Waals surface area contributed by atoms with Crippen molar-refractivity contribution < 1.29 is 38.2 Å². The van der Waals surface area contributed by atoms with Crippen molar-refractivity contribution in [1.29, 1.82) is 0 Å². The van der Waals surface area contributed by atoms with Gasteiger partial charge in [-0.05, 0) is 50.3 Å². The molecule has 0 aromatic heterocycles. The van der Waals surface area contributed by atoms with Gasteiger partial charge in [0.05, 0.1) is 47.3 Å². The van der Waals surface area contributed by atoms with Crippen LogP contribution in [0.15, 0.2) is 12.1 Å². The summed E-state index contributed by atoms with van der Waals surface area (Å²) in [6.07, 6.45) is 4.32. The highest BCUT2D eigenvalue weighted by atomic mass is 16.7. The van der Waals surface area contributed by atoms with E-state index < -0.39 is 23.8 Å². The fraction of sp³-hybridized carbons (Fsp3) is 0.719. The van der Waals surface area contributed by atoms with Crippen LogP contribution >= 0.6 is 0 Å². The van der Waals surface area contributed by atoms with Gasteiger partial charge in [0.25, 0.3) is 0 Å². The molecular weight excluding hydrogens is 552 g/mol. The maximum atomic E-state index is 13.8. The number of carbonyl (C=O) groups is 3. The molecular formula is C32H53N4O7+. The number of quaternary nitrogens is 1. The zero-order valence-corrected chi connectivity index (χ0v) is 27.3. The third-order valence-corrected chi connectivity index (χ3v) is 8.64. The summed E-state index contributed by atoms with van der Waals surface area (Å²) in [7, 11) is 8.06. The average molecular weight is 606 g/mol. The van der Waals surface area contributed by atoms with Crippen LogP contribution in [0, 0.1) is 5.92 Å². The van der Waals surface area contributed by atoms with Crippen molar-refractivity contribution in [2.24, 2.45) is 5.92 Å². The second-order valence-corrected chi connectivity index (χ2v) is 12.8. The largest absolute Gasteiger partial charge is 0.493 e. The fourth-order valence-corrected chi connectivity index (χ4v) is 6.25. The minimum Gasteiger partial charge on any atom is -0.493 e. The molecule has 0 radical (unpaired) electrons. The summed E-state index contributed by atoms with van der Waals surface area (Å²) in [5.74, 6) is -0.599. The zero-order valence-electron chi connectivity index (χ0n) is 27.3. The van der Waals surface area contributed by atoms with Crippen molar-refractivity contribution in [1.82, 2.24) is 14.7 Å². The Morgan fingerprint density at radius 1 is 1.05 bits per heavy atom. The number of fused-ring (bicyclic) bond motifs is 1. The number of unbranched alkanes of at least 4 members (excludes halogenated alkanes) is 2. The van der Waals surface area contributed by atoms with Crippen LogP contribution < -0.4 is 14.2 Å². The van der Waals surface area contributed by atoms with E-state index in [0.29, 0.717) is 56.4 Å². The average Bonchev–Trinajstić information content (AvgIpc) is 3.56. The first-order chi connectivity index (χ1) is 20.4. The number of carboxylic acids is 1. The highest BCUT2D eigenvalue weighted by Gasteiger charge is 2.47. The van der Waals surface area contributed by atoms with Crippen LogP contribution in [0.25, 0.3) is 0 Å². The number of aliphatic carboxylic acids is 1. The molecule has 2 amide bonds. The van der Waals surface area contributed by atoms with Gasteiger partial charge in [-0.15, -0.1) is 0 Å². The molecule has 242 valence electrons. The van der Waals surface area contributed by atoms with Crippen LogP contribution in [-0.4, -0.2) is 129 Å². The van der Waals surface area contributed by atoms with E-state index in [1.807, 2.05) is 28.9 Å². The van der Waals surface area contributed by atoms with Gasteiger partial charge >= 0.3 is 5.97 Å². The molecule has 2 heterocycles. The molecule has 0 aliphatic carbocycles. The summed E-state index contributed by atoms with van der Waals surface area (Å²) >= 11 is 0. The number of hydrogen-bond donors (Lipinski definition) is 1. The number of methoxy groups -OCH3 is 1. The molecule has 1 aromatic carbocycles. The quantitative estimate of drug-likeness (QED) is 0.213.